The van der Waals surface area contributed by atoms with Gasteiger partial charge in [0.05, 0.1) is 0 Å². The fourth-order valence-electron chi connectivity index (χ4n) is 3.50. The number of aryl methyl sites for hydroxylation is 1. The second kappa shape index (κ2) is 6.99. The summed E-state index contributed by atoms with van der Waals surface area (Å²) in [6.07, 6.45) is 0.0419. The lowest BCUT2D eigenvalue weighted by Gasteiger charge is -2.43. The van der Waals surface area contributed by atoms with E-state index in [-0.39, 0.29) is 35.8 Å². The number of carbonyl (C=O) groups excluding carboxylic acids is 3. The maximum atomic E-state index is 12.3. The number of carboxylic acid groups (broad SMARTS) is 1. The van der Waals surface area contributed by atoms with E-state index in [1.165, 1.54) is 16.7 Å². The molecule has 2 aliphatic heterocycles. The number of thioether (sulfide) groups is 1. The van der Waals surface area contributed by atoms with Gasteiger partial charge in [-0.2, -0.15) is 0 Å². The van der Waals surface area contributed by atoms with Gasteiger partial charge in [-0.05, 0) is 20.8 Å². The fraction of sp³-hybridized carbons (Fsp3) is 0.474. The molecule has 27 heavy (non-hydrogen) atoms. The van der Waals surface area contributed by atoms with E-state index >= 15 is 0 Å². The predicted octanol–water partition coefficient (Wildman–Crippen LogP) is 1.59. The smallest absolute Gasteiger partial charge is 0.327 e. The zero-order valence-corrected chi connectivity index (χ0v) is 16.2. The highest BCUT2D eigenvalue weighted by Crippen LogP contribution is 2.50. The first-order valence-corrected chi connectivity index (χ1v) is 9.62. The summed E-state index contributed by atoms with van der Waals surface area (Å²) in [5.41, 5.74) is 1.60. The van der Waals surface area contributed by atoms with E-state index in [0.717, 1.165) is 5.56 Å². The van der Waals surface area contributed by atoms with Crippen molar-refractivity contribution in [2.24, 2.45) is 0 Å². The van der Waals surface area contributed by atoms with Crippen molar-refractivity contribution in [1.29, 1.82) is 0 Å². The summed E-state index contributed by atoms with van der Waals surface area (Å²) in [5, 5.41) is 11.7. The van der Waals surface area contributed by atoms with Crippen LogP contribution in [0.15, 0.2) is 24.3 Å². The minimum Gasteiger partial charge on any atom is -0.480 e. The molecule has 7 nitrogen and oxygen atoms in total. The summed E-state index contributed by atoms with van der Waals surface area (Å²) in [4.78, 5) is 49.5. The lowest BCUT2D eigenvalue weighted by atomic mass is 9.96. The van der Waals surface area contributed by atoms with Gasteiger partial charge in [0.25, 0.3) is 0 Å². The number of carboxylic acids is 1. The first kappa shape index (κ1) is 19.4. The van der Waals surface area contributed by atoms with E-state index in [1.54, 1.807) is 26.0 Å². The van der Waals surface area contributed by atoms with Gasteiger partial charge >= 0.3 is 5.97 Å². The maximum Gasteiger partial charge on any atom is 0.327 e. The summed E-state index contributed by atoms with van der Waals surface area (Å²) in [6, 6.07) is 5.50. The lowest BCUT2D eigenvalue weighted by Crippen LogP contribution is -2.70. The Hall–Kier alpha value is -2.35. The van der Waals surface area contributed by atoms with Crippen molar-refractivity contribution in [3.05, 3.63) is 35.4 Å². The van der Waals surface area contributed by atoms with Crippen molar-refractivity contribution >= 4 is 35.3 Å². The quantitative estimate of drug-likeness (QED) is 0.565. The molecule has 0 spiro atoms. The SMILES string of the molecule is Cc1ccc(C(=O)CCC(=O)N[C@@H]2C(=O)N3[C@@H]2SC(C)(C)[C@@H]3C(=O)O)cc1. The number of hydrogen-bond donors (Lipinski definition) is 2. The number of rotatable bonds is 6. The third-order valence-corrected chi connectivity index (χ3v) is 6.52. The average molecular weight is 390 g/mol. The minimum absolute atomic E-state index is 0.0143. The molecule has 0 unspecified atom stereocenters. The molecule has 8 heteroatoms. The first-order chi connectivity index (χ1) is 12.6. The van der Waals surface area contributed by atoms with Crippen LogP contribution in [-0.2, 0) is 14.4 Å². The second-order valence-electron chi connectivity index (χ2n) is 7.43. The molecule has 2 saturated heterocycles. The van der Waals surface area contributed by atoms with Crippen LogP contribution in [0.4, 0.5) is 0 Å². The molecule has 2 amide bonds. The molecule has 3 atom stereocenters. The second-order valence-corrected chi connectivity index (χ2v) is 9.20. The number of nitrogens with one attached hydrogen (secondary N) is 1. The highest BCUT2D eigenvalue weighted by molar-refractivity contribution is 8.01. The molecule has 1 aromatic carbocycles. The van der Waals surface area contributed by atoms with Crippen LogP contribution in [0.1, 0.15) is 42.6 Å². The van der Waals surface area contributed by atoms with Crippen molar-refractivity contribution in [1.82, 2.24) is 10.2 Å². The van der Waals surface area contributed by atoms with E-state index in [1.807, 2.05) is 19.1 Å². The number of amides is 2. The maximum absolute atomic E-state index is 12.3. The van der Waals surface area contributed by atoms with E-state index in [0.29, 0.717) is 5.56 Å². The lowest BCUT2D eigenvalue weighted by molar-refractivity contribution is -0.161. The number of fused-ring (bicyclic) bond motifs is 1. The Morgan fingerprint density at radius 3 is 2.41 bits per heavy atom. The first-order valence-electron chi connectivity index (χ1n) is 8.74. The molecule has 0 saturated carbocycles. The van der Waals surface area contributed by atoms with Gasteiger partial charge in [-0.15, -0.1) is 11.8 Å². The molecular weight excluding hydrogens is 368 g/mol. The number of aliphatic carboxylic acids is 1. The average Bonchev–Trinajstić information content (AvgIpc) is 2.86. The molecule has 0 radical (unpaired) electrons. The topological polar surface area (TPSA) is 104 Å². The highest BCUT2D eigenvalue weighted by atomic mass is 32.2. The van der Waals surface area contributed by atoms with E-state index in [2.05, 4.69) is 5.32 Å². The van der Waals surface area contributed by atoms with E-state index in [4.69, 9.17) is 0 Å². The summed E-state index contributed by atoms with van der Waals surface area (Å²) in [6.45, 7) is 5.49. The van der Waals surface area contributed by atoms with Crippen molar-refractivity contribution < 1.29 is 24.3 Å². The van der Waals surface area contributed by atoms with Crippen LogP contribution >= 0.6 is 11.8 Å². The van der Waals surface area contributed by atoms with Crippen molar-refractivity contribution in [3.63, 3.8) is 0 Å². The number of Topliss-reactive ketones (excluding diaryl/α,β-unsaturated/α-hetero) is 1. The molecule has 144 valence electrons. The van der Waals surface area contributed by atoms with Gasteiger partial charge in [0, 0.05) is 23.2 Å². The Bertz CT molecular complexity index is 805. The molecule has 2 aliphatic rings. The molecule has 0 bridgehead atoms. The Morgan fingerprint density at radius 1 is 1.19 bits per heavy atom. The summed E-state index contributed by atoms with van der Waals surface area (Å²) >= 11 is 1.37. The zero-order chi connectivity index (χ0) is 19.9. The Balaban J connectivity index is 1.55. The van der Waals surface area contributed by atoms with Crippen LogP contribution in [-0.4, -0.2) is 55.8 Å². The summed E-state index contributed by atoms with van der Waals surface area (Å²) in [7, 11) is 0. The molecule has 2 N–H and O–H groups in total. The van der Waals surface area contributed by atoms with Gasteiger partial charge in [-0.25, -0.2) is 4.79 Å². The van der Waals surface area contributed by atoms with Crippen molar-refractivity contribution in [3.8, 4) is 0 Å². The number of hydrogen-bond acceptors (Lipinski definition) is 5. The summed E-state index contributed by atoms with van der Waals surface area (Å²) < 4.78 is -0.632. The number of ketones is 1. The van der Waals surface area contributed by atoms with Crippen LogP contribution in [0.25, 0.3) is 0 Å². The molecule has 1 aromatic rings. The van der Waals surface area contributed by atoms with Gasteiger partial charge in [0.1, 0.15) is 17.5 Å². The number of nitrogens with zero attached hydrogens (tertiary/aromatic N) is 1. The number of β-lactam (4-membered cyclic amide) rings is 1. The summed E-state index contributed by atoms with van der Waals surface area (Å²) in [5.74, 6) is -1.94. The molecule has 2 heterocycles. The Labute approximate surface area is 161 Å². The van der Waals surface area contributed by atoms with Gasteiger partial charge < -0.3 is 15.3 Å². The monoisotopic (exact) mass is 390 g/mol. The van der Waals surface area contributed by atoms with Crippen LogP contribution < -0.4 is 5.32 Å². The molecule has 3 rings (SSSR count). The van der Waals surface area contributed by atoms with Crippen LogP contribution in [0, 0.1) is 6.92 Å². The Morgan fingerprint density at radius 2 is 1.81 bits per heavy atom. The highest BCUT2D eigenvalue weighted by Gasteiger charge is 2.64. The van der Waals surface area contributed by atoms with E-state index in [9.17, 15) is 24.3 Å². The van der Waals surface area contributed by atoms with Gasteiger partial charge in [-0.1, -0.05) is 29.8 Å². The standard InChI is InChI=1S/C19H22N2O5S/c1-10-4-6-11(7-5-10)12(22)8-9-13(23)20-14-16(24)21-15(18(25)26)19(2,3)27-17(14)21/h4-7,14-15,17H,8-9H2,1-3H3,(H,20,23)(H,25,26)/t14-,15+,17-/m1/s1. The third-order valence-electron chi connectivity index (χ3n) is 4.94. The Kier molecular flexibility index (Phi) is 5.03. The van der Waals surface area contributed by atoms with E-state index < -0.39 is 22.8 Å². The normalized spacial score (nSPS) is 25.5. The fourth-order valence-corrected chi connectivity index (χ4v) is 5.13. The van der Waals surface area contributed by atoms with Crippen molar-refractivity contribution in [2.75, 3.05) is 0 Å². The minimum atomic E-state index is -1.04. The molecule has 2 fully saturated rings. The van der Waals surface area contributed by atoms with Gasteiger partial charge in [-0.3, -0.25) is 14.4 Å². The molecule has 0 aromatic heterocycles. The van der Waals surface area contributed by atoms with Crippen LogP contribution in [0.3, 0.4) is 0 Å². The third kappa shape index (κ3) is 3.58. The van der Waals surface area contributed by atoms with Gasteiger partial charge in [0.2, 0.25) is 11.8 Å². The molecular formula is C19H22N2O5S. The van der Waals surface area contributed by atoms with Crippen LogP contribution in [0.2, 0.25) is 0 Å². The van der Waals surface area contributed by atoms with Crippen molar-refractivity contribution in [2.45, 2.75) is 55.8 Å². The molecule has 0 aliphatic carbocycles. The zero-order valence-electron chi connectivity index (χ0n) is 15.4. The predicted molar refractivity (Wildman–Crippen MR) is 100 cm³/mol. The van der Waals surface area contributed by atoms with Crippen LogP contribution in [0.5, 0.6) is 0 Å². The largest absolute Gasteiger partial charge is 0.480 e. The number of benzene rings is 1. The van der Waals surface area contributed by atoms with Gasteiger partial charge in [0.15, 0.2) is 5.78 Å². The number of carbonyl (C=O) groups is 4.